The number of hydrogen-bond acceptors (Lipinski definition) is 3. The van der Waals surface area contributed by atoms with Crippen LogP contribution in [-0.4, -0.2) is 38.9 Å². The number of sulfonamides is 1. The molecule has 1 fully saturated rings. The van der Waals surface area contributed by atoms with E-state index < -0.39 is 10.0 Å². The lowest BCUT2D eigenvalue weighted by molar-refractivity contribution is 0.379. The van der Waals surface area contributed by atoms with Crippen molar-refractivity contribution in [1.29, 1.82) is 0 Å². The number of rotatable bonds is 4. The predicted octanol–water partition coefficient (Wildman–Crippen LogP) is 2.13. The fourth-order valence-corrected chi connectivity index (χ4v) is 4.32. The number of benzene rings is 1. The first-order valence-electron chi connectivity index (χ1n) is 5.97. The van der Waals surface area contributed by atoms with E-state index in [1.165, 1.54) is 6.07 Å². The molecule has 7 heteroatoms. The van der Waals surface area contributed by atoms with Crippen molar-refractivity contribution < 1.29 is 8.42 Å². The molecular weight excluding hydrogens is 307 g/mol. The Bertz CT molecular complexity index is 522. The first-order valence-corrected chi connectivity index (χ1v) is 7.79. The van der Waals surface area contributed by atoms with Crippen molar-refractivity contribution in [3.8, 4) is 0 Å². The molecule has 0 aliphatic carbocycles. The fraction of sp³-hybridized carbons (Fsp3) is 0.500. The van der Waals surface area contributed by atoms with Crippen LogP contribution in [0, 0.1) is 0 Å². The molecule has 4 nitrogen and oxygen atoms in total. The smallest absolute Gasteiger partial charge is 0.243 e. The molecule has 1 N–H and O–H groups in total. The maximum absolute atomic E-state index is 12.5. The van der Waals surface area contributed by atoms with Gasteiger partial charge in [-0.25, -0.2) is 8.42 Å². The molecule has 1 unspecified atom stereocenters. The fourth-order valence-electron chi connectivity index (χ4n) is 2.33. The molecule has 1 aliphatic heterocycles. The van der Waals surface area contributed by atoms with Gasteiger partial charge in [-0.05, 0) is 38.1 Å². The highest BCUT2D eigenvalue weighted by Gasteiger charge is 2.34. The van der Waals surface area contributed by atoms with E-state index in [1.54, 1.807) is 22.5 Å². The predicted molar refractivity (Wildman–Crippen MR) is 79.5 cm³/mol. The first kappa shape index (κ1) is 16.7. The van der Waals surface area contributed by atoms with E-state index >= 15 is 0 Å². The van der Waals surface area contributed by atoms with Gasteiger partial charge in [0.1, 0.15) is 0 Å². The van der Waals surface area contributed by atoms with Crippen LogP contribution in [0.4, 0.5) is 0 Å². The van der Waals surface area contributed by atoms with Crippen LogP contribution in [0.2, 0.25) is 5.02 Å². The van der Waals surface area contributed by atoms with Gasteiger partial charge < -0.3 is 5.32 Å². The lowest BCUT2D eigenvalue weighted by Crippen LogP contribution is -2.40. The topological polar surface area (TPSA) is 49.4 Å². The molecule has 0 bridgehead atoms. The third kappa shape index (κ3) is 3.61. The Labute approximate surface area is 125 Å². The summed E-state index contributed by atoms with van der Waals surface area (Å²) in [5, 5.41) is 3.49. The largest absolute Gasteiger partial charge is 0.318 e. The summed E-state index contributed by atoms with van der Waals surface area (Å²) in [7, 11) is -1.59. The molecule has 0 aromatic heterocycles. The van der Waals surface area contributed by atoms with Gasteiger partial charge in [0.15, 0.2) is 0 Å². The SMILES string of the molecule is CNCC1CCCN1S(=O)(=O)c1cccc(Cl)c1.Cl. The highest BCUT2D eigenvalue weighted by atomic mass is 35.5. The summed E-state index contributed by atoms with van der Waals surface area (Å²) in [5.41, 5.74) is 0. The molecular formula is C12H18Cl2N2O2S. The van der Waals surface area contributed by atoms with Gasteiger partial charge in [0, 0.05) is 24.2 Å². The van der Waals surface area contributed by atoms with Crippen LogP contribution in [0.25, 0.3) is 0 Å². The number of hydrogen-bond donors (Lipinski definition) is 1. The molecule has 108 valence electrons. The Hall–Kier alpha value is -0.330. The van der Waals surface area contributed by atoms with Gasteiger partial charge in [0.25, 0.3) is 0 Å². The Morgan fingerprint density at radius 1 is 1.47 bits per heavy atom. The molecule has 1 atom stereocenters. The molecule has 19 heavy (non-hydrogen) atoms. The van der Waals surface area contributed by atoms with E-state index in [2.05, 4.69) is 5.32 Å². The number of nitrogens with zero attached hydrogens (tertiary/aromatic N) is 1. The van der Waals surface area contributed by atoms with Crippen LogP contribution < -0.4 is 5.32 Å². The summed E-state index contributed by atoms with van der Waals surface area (Å²) in [5.74, 6) is 0. The molecule has 1 saturated heterocycles. The molecule has 0 amide bonds. The second-order valence-electron chi connectivity index (χ2n) is 4.43. The average Bonchev–Trinajstić information content (AvgIpc) is 2.78. The normalized spacial score (nSPS) is 20.2. The molecule has 0 spiro atoms. The van der Waals surface area contributed by atoms with Crippen molar-refractivity contribution >= 4 is 34.0 Å². The van der Waals surface area contributed by atoms with Crippen LogP contribution in [0.3, 0.4) is 0 Å². The summed E-state index contributed by atoms with van der Waals surface area (Å²) >= 11 is 5.86. The summed E-state index contributed by atoms with van der Waals surface area (Å²) in [6.45, 7) is 1.26. The third-order valence-corrected chi connectivity index (χ3v) is 5.35. The molecule has 0 radical (unpaired) electrons. The highest BCUT2D eigenvalue weighted by molar-refractivity contribution is 7.89. The zero-order valence-electron chi connectivity index (χ0n) is 10.7. The summed E-state index contributed by atoms with van der Waals surface area (Å²) in [4.78, 5) is 0.276. The zero-order chi connectivity index (χ0) is 13.2. The van der Waals surface area contributed by atoms with Gasteiger partial charge in [-0.1, -0.05) is 17.7 Å². The quantitative estimate of drug-likeness (QED) is 0.923. The number of nitrogens with one attached hydrogen (secondary N) is 1. The van der Waals surface area contributed by atoms with Crippen molar-refractivity contribution in [2.24, 2.45) is 0 Å². The highest BCUT2D eigenvalue weighted by Crippen LogP contribution is 2.26. The van der Waals surface area contributed by atoms with E-state index in [1.807, 2.05) is 7.05 Å². The van der Waals surface area contributed by atoms with Gasteiger partial charge in [-0.15, -0.1) is 12.4 Å². The van der Waals surface area contributed by atoms with E-state index in [0.29, 0.717) is 18.1 Å². The summed E-state index contributed by atoms with van der Waals surface area (Å²) < 4.78 is 26.6. The van der Waals surface area contributed by atoms with Crippen LogP contribution in [0.5, 0.6) is 0 Å². The Morgan fingerprint density at radius 2 is 2.21 bits per heavy atom. The third-order valence-electron chi connectivity index (χ3n) is 3.17. The van der Waals surface area contributed by atoms with Crippen molar-refractivity contribution in [1.82, 2.24) is 9.62 Å². The average molecular weight is 325 g/mol. The van der Waals surface area contributed by atoms with Crippen LogP contribution in [0.1, 0.15) is 12.8 Å². The van der Waals surface area contributed by atoms with E-state index in [-0.39, 0.29) is 23.3 Å². The number of likely N-dealkylation sites (N-methyl/N-ethyl adjacent to an activating group) is 1. The minimum Gasteiger partial charge on any atom is -0.318 e. The lowest BCUT2D eigenvalue weighted by Gasteiger charge is -2.23. The van der Waals surface area contributed by atoms with Crippen molar-refractivity contribution in [3.63, 3.8) is 0 Å². The van der Waals surface area contributed by atoms with Crippen LogP contribution in [0.15, 0.2) is 29.2 Å². The first-order chi connectivity index (χ1) is 8.55. The molecule has 0 saturated carbocycles. The summed E-state index contributed by atoms with van der Waals surface area (Å²) in [6.07, 6.45) is 1.81. The van der Waals surface area contributed by atoms with Crippen LogP contribution in [-0.2, 0) is 10.0 Å². The van der Waals surface area contributed by atoms with Gasteiger partial charge in [-0.3, -0.25) is 0 Å². The summed E-state index contributed by atoms with van der Waals surface area (Å²) in [6, 6.07) is 6.48. The maximum Gasteiger partial charge on any atom is 0.243 e. The maximum atomic E-state index is 12.5. The van der Waals surface area contributed by atoms with Crippen molar-refractivity contribution in [2.75, 3.05) is 20.1 Å². The molecule has 2 rings (SSSR count). The van der Waals surface area contributed by atoms with E-state index in [0.717, 1.165) is 12.8 Å². The Balaban J connectivity index is 0.00000180. The second kappa shape index (κ2) is 6.90. The monoisotopic (exact) mass is 324 g/mol. The second-order valence-corrected chi connectivity index (χ2v) is 6.75. The van der Waals surface area contributed by atoms with E-state index in [4.69, 9.17) is 11.6 Å². The Kier molecular flexibility index (Phi) is 6.08. The minimum atomic E-state index is -3.42. The van der Waals surface area contributed by atoms with Gasteiger partial charge in [0.05, 0.1) is 4.90 Å². The molecule has 1 heterocycles. The zero-order valence-corrected chi connectivity index (χ0v) is 13.1. The molecule has 1 aliphatic rings. The molecule has 1 aromatic carbocycles. The van der Waals surface area contributed by atoms with Crippen molar-refractivity contribution in [2.45, 2.75) is 23.8 Å². The van der Waals surface area contributed by atoms with Crippen molar-refractivity contribution in [3.05, 3.63) is 29.3 Å². The number of halogens is 2. The molecule has 1 aromatic rings. The lowest BCUT2D eigenvalue weighted by atomic mass is 10.2. The van der Waals surface area contributed by atoms with Gasteiger partial charge in [0.2, 0.25) is 10.0 Å². The van der Waals surface area contributed by atoms with Gasteiger partial charge >= 0.3 is 0 Å². The standard InChI is InChI=1S/C12H17ClN2O2S.ClH/c1-14-9-11-5-3-7-15(11)18(16,17)12-6-2-4-10(13)8-12;/h2,4,6,8,11,14H,3,5,7,9H2,1H3;1H. The Morgan fingerprint density at radius 3 is 2.84 bits per heavy atom. The van der Waals surface area contributed by atoms with E-state index in [9.17, 15) is 8.42 Å². The van der Waals surface area contributed by atoms with Gasteiger partial charge in [-0.2, -0.15) is 4.31 Å². The van der Waals surface area contributed by atoms with Crippen LogP contribution >= 0.6 is 24.0 Å². The minimum absolute atomic E-state index is 0.